The Morgan fingerprint density at radius 2 is 1.87 bits per heavy atom. The molecule has 1 aliphatic carbocycles. The summed E-state index contributed by atoms with van der Waals surface area (Å²) in [6.07, 6.45) is 3.29. The molecule has 2 fully saturated rings. The van der Waals surface area contributed by atoms with Gasteiger partial charge in [-0.05, 0) is 25.0 Å². The number of piperazine rings is 1. The topological polar surface area (TPSA) is 94.8 Å². The van der Waals surface area contributed by atoms with Gasteiger partial charge in [-0.1, -0.05) is 0 Å². The molecule has 8 nitrogen and oxygen atoms in total. The third-order valence-corrected chi connectivity index (χ3v) is 5.50. The number of anilines is 1. The Bertz CT molecular complexity index is 1010. The summed E-state index contributed by atoms with van der Waals surface area (Å²) in [5.41, 5.74) is 0.159. The second-order valence-electron chi connectivity index (χ2n) is 9.11. The number of carboxylic acids is 1. The maximum Gasteiger partial charge on any atom is 0.341 e. The number of carbonyl (C=O) groups is 1. The molecule has 1 aromatic carbocycles. The second-order valence-corrected chi connectivity index (χ2v) is 9.11. The molecular formula is C22H32FN4O4+. The van der Waals surface area contributed by atoms with Gasteiger partial charge in [0.2, 0.25) is 5.43 Å². The number of nitrogens with one attached hydrogen (secondary N) is 1. The fraction of sp³-hybridized carbons (Fsp3) is 0.545. The van der Waals surface area contributed by atoms with Gasteiger partial charge >= 0.3 is 5.97 Å². The number of nitrogens with zero attached hydrogens (tertiary/aromatic N) is 3. The normalized spacial score (nSPS) is 16.7. The van der Waals surface area contributed by atoms with Gasteiger partial charge in [0.15, 0.2) is 0 Å². The molecule has 31 heavy (non-hydrogen) atoms. The maximum absolute atomic E-state index is 14.6. The van der Waals surface area contributed by atoms with Crippen molar-refractivity contribution in [3.05, 3.63) is 39.9 Å². The van der Waals surface area contributed by atoms with Gasteiger partial charge in [-0.25, -0.2) is 9.18 Å². The fourth-order valence-electron chi connectivity index (χ4n) is 3.61. The highest BCUT2D eigenvalue weighted by Crippen LogP contribution is 2.38. The highest BCUT2D eigenvalue weighted by molar-refractivity contribution is 5.93. The number of aliphatic hydroxyl groups excluding tert-OH is 1. The van der Waals surface area contributed by atoms with Crippen LogP contribution in [0, 0.1) is 5.82 Å². The average molecular weight is 436 g/mol. The number of carboxylic acid groups (broad SMARTS) is 1. The quantitative estimate of drug-likeness (QED) is 0.613. The Hall–Kier alpha value is -2.49. The molecule has 0 spiro atoms. The number of hydrogen-bond donors (Lipinski definition) is 3. The molecule has 170 valence electrons. The zero-order valence-corrected chi connectivity index (χ0v) is 18.4. The number of likely N-dealkylation sites (N-methyl/N-ethyl adjacent to an activating group) is 1. The number of rotatable bonds is 5. The van der Waals surface area contributed by atoms with Crippen molar-refractivity contribution in [3.8, 4) is 0 Å². The summed E-state index contributed by atoms with van der Waals surface area (Å²) in [5.74, 6) is -1.76. The summed E-state index contributed by atoms with van der Waals surface area (Å²) in [7, 11) is 6.16. The standard InChI is InChI=1S/C17H18FN3O3.C5H14NO/c18-13-7-11-14(8-15(13)20-5-3-19-4-6-20)21(10-1-2-10)9-12(16(11)22)17(23)24;1-6(2,3)4-5-7/h7-10,19H,1-6H2,(H,23,24);7H,4-5H2,1-3H3/q;+1. The Labute approximate surface area is 181 Å². The van der Waals surface area contributed by atoms with E-state index in [-0.39, 0.29) is 23.6 Å². The minimum absolute atomic E-state index is 0.137. The molecule has 1 saturated heterocycles. The number of pyridine rings is 1. The number of aliphatic hydroxyl groups is 1. The van der Waals surface area contributed by atoms with Crippen LogP contribution in [0.2, 0.25) is 0 Å². The molecule has 2 aliphatic rings. The second kappa shape index (κ2) is 9.33. The molecule has 0 unspecified atom stereocenters. The monoisotopic (exact) mass is 435 g/mol. The van der Waals surface area contributed by atoms with Gasteiger partial charge in [0.1, 0.15) is 17.9 Å². The smallest absolute Gasteiger partial charge is 0.341 e. The van der Waals surface area contributed by atoms with Crippen LogP contribution in [-0.4, -0.2) is 85.7 Å². The van der Waals surface area contributed by atoms with Crippen LogP contribution in [0.1, 0.15) is 29.2 Å². The molecule has 1 aliphatic heterocycles. The van der Waals surface area contributed by atoms with Crippen LogP contribution >= 0.6 is 0 Å². The number of aromatic nitrogens is 1. The molecule has 2 heterocycles. The van der Waals surface area contributed by atoms with Gasteiger partial charge in [0.05, 0.1) is 39.0 Å². The number of fused-ring (bicyclic) bond motifs is 1. The van der Waals surface area contributed by atoms with Crippen LogP contribution < -0.4 is 15.6 Å². The molecule has 9 heteroatoms. The van der Waals surface area contributed by atoms with Crippen molar-refractivity contribution in [2.24, 2.45) is 0 Å². The van der Waals surface area contributed by atoms with Crippen LogP contribution in [-0.2, 0) is 0 Å². The molecule has 0 amide bonds. The van der Waals surface area contributed by atoms with E-state index in [4.69, 9.17) is 5.11 Å². The molecule has 1 saturated carbocycles. The van der Waals surface area contributed by atoms with Crippen molar-refractivity contribution in [1.29, 1.82) is 0 Å². The lowest BCUT2D eigenvalue weighted by molar-refractivity contribution is -0.870. The van der Waals surface area contributed by atoms with Crippen LogP contribution in [0.4, 0.5) is 10.1 Å². The van der Waals surface area contributed by atoms with Crippen molar-refractivity contribution in [2.75, 3.05) is 65.4 Å². The Morgan fingerprint density at radius 3 is 2.35 bits per heavy atom. The molecule has 0 radical (unpaired) electrons. The van der Waals surface area contributed by atoms with Crippen LogP contribution in [0.3, 0.4) is 0 Å². The van der Waals surface area contributed by atoms with E-state index in [0.717, 1.165) is 37.0 Å². The van der Waals surface area contributed by atoms with E-state index in [1.165, 1.54) is 12.3 Å². The zero-order valence-electron chi connectivity index (χ0n) is 18.4. The van der Waals surface area contributed by atoms with Gasteiger partial charge in [0, 0.05) is 43.8 Å². The van der Waals surface area contributed by atoms with Crippen molar-refractivity contribution in [2.45, 2.75) is 18.9 Å². The molecular weight excluding hydrogens is 403 g/mol. The summed E-state index contributed by atoms with van der Waals surface area (Å²) in [5, 5.41) is 21.0. The number of benzene rings is 1. The maximum atomic E-state index is 14.6. The van der Waals surface area contributed by atoms with E-state index in [2.05, 4.69) is 26.5 Å². The first-order chi connectivity index (χ1) is 14.6. The fourth-order valence-corrected chi connectivity index (χ4v) is 3.61. The van der Waals surface area contributed by atoms with Crippen LogP contribution in [0.5, 0.6) is 0 Å². The third kappa shape index (κ3) is 5.61. The molecule has 4 rings (SSSR count). The van der Waals surface area contributed by atoms with Crippen LogP contribution in [0.25, 0.3) is 10.9 Å². The average Bonchev–Trinajstić information content (AvgIpc) is 3.53. The molecule has 1 aromatic heterocycles. The van der Waals surface area contributed by atoms with E-state index < -0.39 is 17.2 Å². The van der Waals surface area contributed by atoms with E-state index >= 15 is 0 Å². The number of halogens is 1. The summed E-state index contributed by atoms with van der Waals surface area (Å²) < 4.78 is 17.3. The first-order valence-corrected chi connectivity index (χ1v) is 10.6. The molecule has 3 N–H and O–H groups in total. The number of aromatic carboxylic acids is 1. The lowest BCUT2D eigenvalue weighted by Gasteiger charge is -2.30. The zero-order chi connectivity index (χ0) is 22.8. The van der Waals surface area contributed by atoms with Crippen molar-refractivity contribution in [3.63, 3.8) is 0 Å². The molecule has 2 aromatic rings. The summed E-state index contributed by atoms with van der Waals surface area (Å²) in [4.78, 5) is 25.7. The van der Waals surface area contributed by atoms with Gasteiger partial charge in [-0.2, -0.15) is 0 Å². The largest absolute Gasteiger partial charge is 0.477 e. The van der Waals surface area contributed by atoms with Crippen molar-refractivity contribution < 1.29 is 23.9 Å². The summed E-state index contributed by atoms with van der Waals surface area (Å²) >= 11 is 0. The van der Waals surface area contributed by atoms with Crippen LogP contribution in [0.15, 0.2) is 23.1 Å². The van der Waals surface area contributed by atoms with Gasteiger partial charge < -0.3 is 29.5 Å². The molecule has 0 bridgehead atoms. The third-order valence-electron chi connectivity index (χ3n) is 5.50. The lowest BCUT2D eigenvalue weighted by Crippen LogP contribution is -2.43. The SMILES string of the molecule is C[N+](C)(C)CCO.O=C(O)c1cn(C2CC2)c2cc(N3CCNCC3)c(F)cc2c1=O. The van der Waals surface area contributed by atoms with E-state index in [1.807, 2.05) is 9.47 Å². The minimum Gasteiger partial charge on any atom is -0.477 e. The van der Waals surface area contributed by atoms with Crippen molar-refractivity contribution >= 4 is 22.6 Å². The first-order valence-electron chi connectivity index (χ1n) is 10.6. The Morgan fingerprint density at radius 1 is 1.23 bits per heavy atom. The molecule has 0 atom stereocenters. The number of quaternary nitrogens is 1. The summed E-state index contributed by atoms with van der Waals surface area (Å²) in [6, 6.07) is 3.08. The van der Waals surface area contributed by atoms with Gasteiger partial charge in [0.25, 0.3) is 0 Å². The Kier molecular flexibility index (Phi) is 6.98. The van der Waals surface area contributed by atoms with Gasteiger partial charge in [-0.15, -0.1) is 0 Å². The summed E-state index contributed by atoms with van der Waals surface area (Å²) in [6.45, 7) is 4.08. The highest BCUT2D eigenvalue weighted by atomic mass is 19.1. The van der Waals surface area contributed by atoms with E-state index in [1.54, 1.807) is 6.07 Å². The number of hydrogen-bond acceptors (Lipinski definition) is 5. The Balaban J connectivity index is 0.000000339. The van der Waals surface area contributed by atoms with Crippen molar-refractivity contribution in [1.82, 2.24) is 9.88 Å². The van der Waals surface area contributed by atoms with Gasteiger partial charge in [-0.3, -0.25) is 4.79 Å². The lowest BCUT2D eigenvalue weighted by atomic mass is 10.1. The minimum atomic E-state index is -1.28. The van der Waals surface area contributed by atoms with E-state index in [0.29, 0.717) is 24.3 Å². The van der Waals surface area contributed by atoms with E-state index in [9.17, 15) is 19.1 Å². The predicted molar refractivity (Wildman–Crippen MR) is 118 cm³/mol. The predicted octanol–water partition coefficient (Wildman–Crippen LogP) is 1.27. The first kappa shape index (κ1) is 23.2. The highest BCUT2D eigenvalue weighted by Gasteiger charge is 2.28.